The standard InChI is InChI=1S/C9H9N3O2/c10-6-2-1-5-3-8(13)11-12-9(14)7(5)4-6/h1-2,4H,3,10H2,(H,11,13)(H,12,14). The van der Waals surface area contributed by atoms with E-state index in [2.05, 4.69) is 10.9 Å². The van der Waals surface area contributed by atoms with Crippen molar-refractivity contribution in [3.63, 3.8) is 0 Å². The summed E-state index contributed by atoms with van der Waals surface area (Å²) in [5, 5.41) is 0. The largest absolute Gasteiger partial charge is 0.399 e. The fourth-order valence-electron chi connectivity index (χ4n) is 1.37. The van der Waals surface area contributed by atoms with Crippen LogP contribution in [-0.4, -0.2) is 11.8 Å². The van der Waals surface area contributed by atoms with Crippen LogP contribution >= 0.6 is 0 Å². The van der Waals surface area contributed by atoms with Gasteiger partial charge in [0.2, 0.25) is 5.91 Å². The zero-order valence-electron chi connectivity index (χ0n) is 7.33. The van der Waals surface area contributed by atoms with Crippen molar-refractivity contribution in [3.8, 4) is 0 Å². The number of amides is 2. The second kappa shape index (κ2) is 3.02. The van der Waals surface area contributed by atoms with Gasteiger partial charge in [-0.15, -0.1) is 0 Å². The van der Waals surface area contributed by atoms with E-state index < -0.39 is 0 Å². The Morgan fingerprint density at radius 1 is 1.21 bits per heavy atom. The minimum absolute atomic E-state index is 0.189. The molecule has 2 rings (SSSR count). The SMILES string of the molecule is Nc1ccc2c(c1)C(=O)NNC(=O)C2. The van der Waals surface area contributed by atoms with Crippen LogP contribution in [0.25, 0.3) is 0 Å². The van der Waals surface area contributed by atoms with Gasteiger partial charge in [-0.05, 0) is 17.7 Å². The maximum Gasteiger partial charge on any atom is 0.270 e. The number of fused-ring (bicyclic) bond motifs is 1. The molecule has 1 aromatic carbocycles. The summed E-state index contributed by atoms with van der Waals surface area (Å²) in [4.78, 5) is 22.5. The van der Waals surface area contributed by atoms with Crippen LogP contribution in [0.5, 0.6) is 0 Å². The van der Waals surface area contributed by atoms with Gasteiger partial charge in [0, 0.05) is 11.3 Å². The number of nitrogens with two attached hydrogens (primary N) is 1. The Hall–Kier alpha value is -2.04. The average Bonchev–Trinajstić information content (AvgIpc) is 2.29. The molecule has 0 aromatic heterocycles. The summed E-state index contributed by atoms with van der Waals surface area (Å²) in [6.07, 6.45) is 0.189. The number of rotatable bonds is 0. The van der Waals surface area contributed by atoms with E-state index in [1.165, 1.54) is 0 Å². The van der Waals surface area contributed by atoms with Crippen LogP contribution in [0.15, 0.2) is 18.2 Å². The van der Waals surface area contributed by atoms with Crippen molar-refractivity contribution >= 4 is 17.5 Å². The van der Waals surface area contributed by atoms with Gasteiger partial charge in [-0.25, -0.2) is 0 Å². The summed E-state index contributed by atoms with van der Waals surface area (Å²) in [6.45, 7) is 0. The summed E-state index contributed by atoms with van der Waals surface area (Å²) in [5.74, 6) is -0.569. The van der Waals surface area contributed by atoms with Crippen LogP contribution < -0.4 is 16.6 Å². The van der Waals surface area contributed by atoms with Crippen molar-refractivity contribution in [2.45, 2.75) is 6.42 Å². The first kappa shape index (κ1) is 8.55. The molecule has 0 fully saturated rings. The van der Waals surface area contributed by atoms with Gasteiger partial charge in [-0.3, -0.25) is 20.4 Å². The molecule has 0 unspecified atom stereocenters. The van der Waals surface area contributed by atoms with Crippen molar-refractivity contribution in [3.05, 3.63) is 29.3 Å². The Morgan fingerprint density at radius 2 is 2.00 bits per heavy atom. The number of nitrogen functional groups attached to an aromatic ring is 1. The number of anilines is 1. The minimum Gasteiger partial charge on any atom is -0.399 e. The Morgan fingerprint density at radius 3 is 2.79 bits per heavy atom. The predicted molar refractivity (Wildman–Crippen MR) is 50.2 cm³/mol. The zero-order valence-corrected chi connectivity index (χ0v) is 7.33. The van der Waals surface area contributed by atoms with Gasteiger partial charge < -0.3 is 5.73 Å². The number of carbonyl (C=O) groups excluding carboxylic acids is 2. The van der Waals surface area contributed by atoms with Gasteiger partial charge in [-0.1, -0.05) is 6.07 Å². The summed E-state index contributed by atoms with van der Waals surface area (Å²) in [7, 11) is 0. The predicted octanol–water partition coefficient (Wildman–Crippen LogP) is -0.414. The Labute approximate surface area is 80.3 Å². The third-order valence-electron chi connectivity index (χ3n) is 2.05. The molecule has 72 valence electrons. The van der Waals surface area contributed by atoms with E-state index in [-0.39, 0.29) is 18.2 Å². The molecule has 1 heterocycles. The Bertz CT molecular complexity index is 415. The smallest absolute Gasteiger partial charge is 0.270 e. The Kier molecular flexibility index (Phi) is 1.85. The quantitative estimate of drug-likeness (QED) is 0.487. The number of hydrazine groups is 1. The molecule has 5 nitrogen and oxygen atoms in total. The lowest BCUT2D eigenvalue weighted by Gasteiger charge is -2.03. The van der Waals surface area contributed by atoms with Crippen LogP contribution in [0.4, 0.5) is 5.69 Å². The summed E-state index contributed by atoms with van der Waals surface area (Å²) < 4.78 is 0. The van der Waals surface area contributed by atoms with E-state index in [1.54, 1.807) is 18.2 Å². The first-order chi connectivity index (χ1) is 6.66. The van der Waals surface area contributed by atoms with Crippen LogP contribution in [0.2, 0.25) is 0 Å². The number of carbonyl (C=O) groups is 2. The first-order valence-corrected chi connectivity index (χ1v) is 4.14. The number of nitrogens with one attached hydrogen (secondary N) is 2. The highest BCUT2D eigenvalue weighted by atomic mass is 16.2. The fourth-order valence-corrected chi connectivity index (χ4v) is 1.37. The minimum atomic E-state index is -0.335. The highest BCUT2D eigenvalue weighted by molar-refractivity contribution is 6.00. The third kappa shape index (κ3) is 1.39. The molecule has 4 N–H and O–H groups in total. The topological polar surface area (TPSA) is 84.2 Å². The van der Waals surface area contributed by atoms with Crippen LogP contribution in [0, 0.1) is 0 Å². The number of benzene rings is 1. The molecule has 0 radical (unpaired) electrons. The normalized spacial score (nSPS) is 15.1. The van der Waals surface area contributed by atoms with E-state index in [9.17, 15) is 9.59 Å². The van der Waals surface area contributed by atoms with Crippen LogP contribution in [-0.2, 0) is 11.2 Å². The van der Waals surface area contributed by atoms with Gasteiger partial charge in [-0.2, -0.15) is 0 Å². The zero-order chi connectivity index (χ0) is 10.1. The van der Waals surface area contributed by atoms with E-state index >= 15 is 0 Å². The number of hydrogen-bond acceptors (Lipinski definition) is 3. The van der Waals surface area contributed by atoms with Crippen molar-refractivity contribution in [2.24, 2.45) is 0 Å². The maximum atomic E-state index is 11.4. The lowest BCUT2D eigenvalue weighted by atomic mass is 10.0. The molecule has 0 bridgehead atoms. The molecule has 0 aliphatic carbocycles. The lowest BCUT2D eigenvalue weighted by Crippen LogP contribution is -2.39. The number of hydrogen-bond donors (Lipinski definition) is 3. The summed E-state index contributed by atoms with van der Waals surface area (Å²) in [5.41, 5.74) is 11.8. The van der Waals surface area contributed by atoms with Crippen LogP contribution in [0.1, 0.15) is 15.9 Å². The van der Waals surface area contributed by atoms with E-state index in [0.29, 0.717) is 16.8 Å². The fraction of sp³-hybridized carbons (Fsp3) is 0.111. The molecule has 1 aliphatic rings. The van der Waals surface area contributed by atoms with Crippen LogP contribution in [0.3, 0.4) is 0 Å². The summed E-state index contributed by atoms with van der Waals surface area (Å²) in [6, 6.07) is 4.92. The average molecular weight is 191 g/mol. The highest BCUT2D eigenvalue weighted by Gasteiger charge is 2.18. The second-order valence-electron chi connectivity index (χ2n) is 3.10. The van der Waals surface area contributed by atoms with E-state index in [1.807, 2.05) is 0 Å². The molecule has 2 amide bonds. The highest BCUT2D eigenvalue weighted by Crippen LogP contribution is 2.15. The van der Waals surface area contributed by atoms with Crippen molar-refractivity contribution in [1.82, 2.24) is 10.9 Å². The van der Waals surface area contributed by atoms with E-state index in [4.69, 9.17) is 5.73 Å². The molecule has 0 saturated heterocycles. The molecule has 0 saturated carbocycles. The van der Waals surface area contributed by atoms with E-state index in [0.717, 1.165) is 0 Å². The maximum absolute atomic E-state index is 11.4. The molecule has 1 aromatic rings. The third-order valence-corrected chi connectivity index (χ3v) is 2.05. The molecular weight excluding hydrogens is 182 g/mol. The van der Waals surface area contributed by atoms with Gasteiger partial charge in [0.05, 0.1) is 6.42 Å². The van der Waals surface area contributed by atoms with Gasteiger partial charge in [0.15, 0.2) is 0 Å². The lowest BCUT2D eigenvalue weighted by molar-refractivity contribution is -0.121. The van der Waals surface area contributed by atoms with Crippen molar-refractivity contribution in [1.29, 1.82) is 0 Å². The molecule has 14 heavy (non-hydrogen) atoms. The van der Waals surface area contributed by atoms with Gasteiger partial charge in [0.25, 0.3) is 5.91 Å². The molecule has 0 spiro atoms. The van der Waals surface area contributed by atoms with Crippen molar-refractivity contribution in [2.75, 3.05) is 5.73 Å². The van der Waals surface area contributed by atoms with Gasteiger partial charge >= 0.3 is 0 Å². The molecule has 5 heteroatoms. The summed E-state index contributed by atoms with van der Waals surface area (Å²) >= 11 is 0. The Balaban J connectivity index is 2.52. The monoisotopic (exact) mass is 191 g/mol. The molecule has 1 aliphatic heterocycles. The molecule has 0 atom stereocenters. The molecular formula is C9H9N3O2. The van der Waals surface area contributed by atoms with Crippen molar-refractivity contribution < 1.29 is 9.59 Å². The first-order valence-electron chi connectivity index (χ1n) is 4.14. The second-order valence-corrected chi connectivity index (χ2v) is 3.10. The van der Waals surface area contributed by atoms with Gasteiger partial charge in [0.1, 0.15) is 0 Å².